The Hall–Kier alpha value is -1.84. The first-order valence-corrected chi connectivity index (χ1v) is 6.07. The number of likely N-dealkylation sites (tertiary alicyclic amines) is 1. The number of amides is 1. The number of nitrogens with zero attached hydrogens (tertiary/aromatic N) is 1. The number of benzene rings is 1. The Morgan fingerprint density at radius 1 is 1.44 bits per heavy atom. The van der Waals surface area contributed by atoms with Crippen LogP contribution in [0.15, 0.2) is 18.2 Å². The molecule has 2 rings (SSSR count). The Morgan fingerprint density at radius 2 is 2.22 bits per heavy atom. The molecule has 1 amide bonds. The van der Waals surface area contributed by atoms with Crippen molar-refractivity contribution in [3.05, 3.63) is 29.3 Å². The van der Waals surface area contributed by atoms with Gasteiger partial charge in [0.15, 0.2) is 5.78 Å². The van der Waals surface area contributed by atoms with Gasteiger partial charge in [-0.05, 0) is 31.5 Å². The van der Waals surface area contributed by atoms with Crippen LogP contribution in [-0.4, -0.2) is 30.2 Å². The molecule has 18 heavy (non-hydrogen) atoms. The number of carbonyl (C=O) groups excluding carboxylic acids is 2. The van der Waals surface area contributed by atoms with Crippen LogP contribution in [-0.2, 0) is 11.3 Å². The summed E-state index contributed by atoms with van der Waals surface area (Å²) in [6, 6.07) is 5.34. The SMILES string of the molecule is COc1ccc(C(C)=O)cc1CN1CCCC1=O. The van der Waals surface area contributed by atoms with Crippen LogP contribution in [0.1, 0.15) is 35.7 Å². The zero-order valence-electron chi connectivity index (χ0n) is 10.7. The largest absolute Gasteiger partial charge is 0.496 e. The molecule has 1 heterocycles. The highest BCUT2D eigenvalue weighted by atomic mass is 16.5. The van der Waals surface area contributed by atoms with E-state index in [1.165, 1.54) is 6.92 Å². The number of carbonyl (C=O) groups is 2. The van der Waals surface area contributed by atoms with E-state index in [2.05, 4.69) is 0 Å². The molecule has 0 aromatic heterocycles. The molecule has 1 aliphatic rings. The van der Waals surface area contributed by atoms with E-state index in [-0.39, 0.29) is 11.7 Å². The second-order valence-corrected chi connectivity index (χ2v) is 4.50. The van der Waals surface area contributed by atoms with Crippen molar-refractivity contribution in [2.45, 2.75) is 26.3 Å². The third kappa shape index (κ3) is 2.53. The molecule has 0 atom stereocenters. The van der Waals surface area contributed by atoms with Crippen LogP contribution in [0.25, 0.3) is 0 Å². The number of Topliss-reactive ketones (excluding diaryl/α,β-unsaturated/α-hetero) is 1. The van der Waals surface area contributed by atoms with Crippen LogP contribution in [0.5, 0.6) is 5.75 Å². The Balaban J connectivity index is 2.26. The summed E-state index contributed by atoms with van der Waals surface area (Å²) in [5.41, 5.74) is 1.54. The molecule has 1 aromatic rings. The lowest BCUT2D eigenvalue weighted by atomic mass is 10.1. The third-order valence-corrected chi connectivity index (χ3v) is 3.22. The number of ether oxygens (including phenoxy) is 1. The molecular weight excluding hydrogens is 230 g/mol. The summed E-state index contributed by atoms with van der Waals surface area (Å²) in [6.45, 7) is 2.84. The van der Waals surface area contributed by atoms with Crippen molar-refractivity contribution in [2.24, 2.45) is 0 Å². The lowest BCUT2D eigenvalue weighted by Crippen LogP contribution is -2.24. The Bertz CT molecular complexity index is 482. The summed E-state index contributed by atoms with van der Waals surface area (Å²) in [5.74, 6) is 0.914. The first kappa shape index (κ1) is 12.6. The van der Waals surface area contributed by atoms with Crippen molar-refractivity contribution in [3.63, 3.8) is 0 Å². The van der Waals surface area contributed by atoms with Gasteiger partial charge in [-0.15, -0.1) is 0 Å². The van der Waals surface area contributed by atoms with E-state index in [4.69, 9.17) is 4.74 Å². The van der Waals surface area contributed by atoms with E-state index in [9.17, 15) is 9.59 Å². The standard InChI is InChI=1S/C14H17NO3/c1-10(16)11-5-6-13(18-2)12(8-11)9-15-7-3-4-14(15)17/h5-6,8H,3-4,7,9H2,1-2H3. The van der Waals surface area contributed by atoms with Crippen LogP contribution >= 0.6 is 0 Å². The van der Waals surface area contributed by atoms with E-state index in [1.54, 1.807) is 19.2 Å². The van der Waals surface area contributed by atoms with Crippen molar-refractivity contribution in [1.29, 1.82) is 0 Å². The quantitative estimate of drug-likeness (QED) is 0.765. The molecule has 4 nitrogen and oxygen atoms in total. The monoisotopic (exact) mass is 247 g/mol. The predicted octanol–water partition coefficient (Wildman–Crippen LogP) is 2.02. The molecule has 96 valence electrons. The summed E-state index contributed by atoms with van der Waals surface area (Å²) < 4.78 is 5.28. The average Bonchev–Trinajstić information content (AvgIpc) is 2.75. The minimum absolute atomic E-state index is 0.0200. The maximum atomic E-state index is 11.6. The maximum Gasteiger partial charge on any atom is 0.222 e. The van der Waals surface area contributed by atoms with Crippen LogP contribution in [0.4, 0.5) is 0 Å². The van der Waals surface area contributed by atoms with Gasteiger partial charge in [-0.2, -0.15) is 0 Å². The summed E-state index contributed by atoms with van der Waals surface area (Å²) in [5, 5.41) is 0. The lowest BCUT2D eigenvalue weighted by molar-refractivity contribution is -0.128. The van der Waals surface area contributed by atoms with Gasteiger partial charge in [0.2, 0.25) is 5.91 Å². The third-order valence-electron chi connectivity index (χ3n) is 3.22. The zero-order valence-corrected chi connectivity index (χ0v) is 10.7. The molecule has 0 spiro atoms. The molecule has 0 N–H and O–H groups in total. The fourth-order valence-electron chi connectivity index (χ4n) is 2.20. The van der Waals surface area contributed by atoms with Gasteiger partial charge >= 0.3 is 0 Å². The molecule has 1 saturated heterocycles. The highest BCUT2D eigenvalue weighted by Crippen LogP contribution is 2.24. The highest BCUT2D eigenvalue weighted by Gasteiger charge is 2.21. The van der Waals surface area contributed by atoms with Gasteiger partial charge < -0.3 is 9.64 Å². The molecule has 0 bridgehead atoms. The summed E-state index contributed by atoms with van der Waals surface area (Å²) in [4.78, 5) is 24.8. The van der Waals surface area contributed by atoms with Gasteiger partial charge in [0.1, 0.15) is 5.75 Å². The second-order valence-electron chi connectivity index (χ2n) is 4.50. The number of methoxy groups -OCH3 is 1. The van der Waals surface area contributed by atoms with E-state index in [1.807, 2.05) is 11.0 Å². The molecule has 0 unspecified atom stereocenters. The molecule has 0 saturated carbocycles. The maximum absolute atomic E-state index is 11.6. The second kappa shape index (κ2) is 5.21. The highest BCUT2D eigenvalue weighted by molar-refractivity contribution is 5.94. The van der Waals surface area contributed by atoms with Crippen LogP contribution in [0, 0.1) is 0 Å². The van der Waals surface area contributed by atoms with Gasteiger partial charge in [-0.25, -0.2) is 0 Å². The van der Waals surface area contributed by atoms with Gasteiger partial charge in [0, 0.05) is 30.6 Å². The molecule has 1 aromatic carbocycles. The summed E-state index contributed by atoms with van der Waals surface area (Å²) in [7, 11) is 1.60. The molecule has 4 heteroatoms. The van der Waals surface area contributed by atoms with E-state index in [0.29, 0.717) is 18.5 Å². The molecule has 1 fully saturated rings. The molecule has 1 aliphatic heterocycles. The topological polar surface area (TPSA) is 46.6 Å². The molecular formula is C14H17NO3. The minimum atomic E-state index is 0.0200. The fourth-order valence-corrected chi connectivity index (χ4v) is 2.20. The summed E-state index contributed by atoms with van der Waals surface area (Å²) in [6.07, 6.45) is 1.53. The van der Waals surface area contributed by atoms with Crippen molar-refractivity contribution in [2.75, 3.05) is 13.7 Å². The zero-order chi connectivity index (χ0) is 13.1. The lowest BCUT2D eigenvalue weighted by Gasteiger charge is -2.18. The van der Waals surface area contributed by atoms with Crippen molar-refractivity contribution >= 4 is 11.7 Å². The van der Waals surface area contributed by atoms with Gasteiger partial charge in [-0.3, -0.25) is 9.59 Å². The van der Waals surface area contributed by atoms with Crippen molar-refractivity contribution in [3.8, 4) is 5.75 Å². The Kier molecular flexibility index (Phi) is 3.65. The Labute approximate surface area is 107 Å². The fraction of sp³-hybridized carbons (Fsp3) is 0.429. The van der Waals surface area contributed by atoms with Gasteiger partial charge in [0.25, 0.3) is 0 Å². The van der Waals surface area contributed by atoms with E-state index in [0.717, 1.165) is 24.3 Å². The minimum Gasteiger partial charge on any atom is -0.496 e. The van der Waals surface area contributed by atoms with Crippen LogP contribution < -0.4 is 4.74 Å². The number of ketones is 1. The van der Waals surface area contributed by atoms with Gasteiger partial charge in [-0.1, -0.05) is 0 Å². The number of rotatable bonds is 4. The Morgan fingerprint density at radius 3 is 2.78 bits per heavy atom. The van der Waals surface area contributed by atoms with Crippen molar-refractivity contribution in [1.82, 2.24) is 4.90 Å². The molecule has 0 aliphatic carbocycles. The van der Waals surface area contributed by atoms with Crippen LogP contribution in [0.3, 0.4) is 0 Å². The van der Waals surface area contributed by atoms with Gasteiger partial charge in [0.05, 0.1) is 7.11 Å². The average molecular weight is 247 g/mol. The van der Waals surface area contributed by atoms with E-state index < -0.39 is 0 Å². The normalized spacial score (nSPS) is 15.0. The first-order valence-electron chi connectivity index (χ1n) is 6.07. The summed E-state index contributed by atoms with van der Waals surface area (Å²) >= 11 is 0. The van der Waals surface area contributed by atoms with Crippen LogP contribution in [0.2, 0.25) is 0 Å². The number of hydrogen-bond acceptors (Lipinski definition) is 3. The van der Waals surface area contributed by atoms with Crippen molar-refractivity contribution < 1.29 is 14.3 Å². The molecule has 0 radical (unpaired) electrons. The smallest absolute Gasteiger partial charge is 0.222 e. The first-order chi connectivity index (χ1) is 8.61. The van der Waals surface area contributed by atoms with E-state index >= 15 is 0 Å². The predicted molar refractivity (Wildman–Crippen MR) is 67.6 cm³/mol. The number of hydrogen-bond donors (Lipinski definition) is 0.